The van der Waals surface area contributed by atoms with Crippen LogP contribution in [-0.4, -0.2) is 23.6 Å². The topological polar surface area (TPSA) is 61.4 Å². The first kappa shape index (κ1) is 13.5. The predicted molar refractivity (Wildman–Crippen MR) is 67.7 cm³/mol. The molecule has 0 fully saturated rings. The number of benzene rings is 1. The normalized spacial score (nSPS) is 12.1. The zero-order valence-corrected chi connectivity index (χ0v) is 10.4. The van der Waals surface area contributed by atoms with Crippen molar-refractivity contribution in [1.29, 1.82) is 0 Å². The van der Waals surface area contributed by atoms with Gasteiger partial charge in [0.15, 0.2) is 0 Å². The van der Waals surface area contributed by atoms with Crippen LogP contribution in [0.2, 0.25) is 0 Å². The van der Waals surface area contributed by atoms with Gasteiger partial charge in [0.1, 0.15) is 5.75 Å². The molecule has 1 amide bonds. The summed E-state index contributed by atoms with van der Waals surface area (Å²) in [6.07, 6.45) is 1.01. The fourth-order valence-corrected chi connectivity index (χ4v) is 1.29. The lowest BCUT2D eigenvalue weighted by molar-refractivity contribution is -0.120. The van der Waals surface area contributed by atoms with Gasteiger partial charge in [-0.25, -0.2) is 0 Å². The minimum Gasteiger partial charge on any atom is -0.508 e. The Morgan fingerprint density at radius 3 is 2.59 bits per heavy atom. The van der Waals surface area contributed by atoms with Gasteiger partial charge in [-0.1, -0.05) is 19.1 Å². The molecule has 0 aliphatic carbocycles. The molecule has 4 heteroatoms. The minimum absolute atomic E-state index is 0.0154. The molecule has 1 rings (SSSR count). The second-order valence-electron chi connectivity index (χ2n) is 4.13. The Bertz CT molecular complexity index is 349. The predicted octanol–water partition coefficient (Wildman–Crippen LogP) is 1.40. The monoisotopic (exact) mass is 236 g/mol. The van der Waals surface area contributed by atoms with Crippen LogP contribution in [0.5, 0.6) is 5.75 Å². The molecule has 0 bridgehead atoms. The molecule has 0 saturated heterocycles. The van der Waals surface area contributed by atoms with Gasteiger partial charge < -0.3 is 15.7 Å². The summed E-state index contributed by atoms with van der Waals surface area (Å²) < 4.78 is 0. The van der Waals surface area contributed by atoms with Crippen LogP contribution < -0.4 is 10.6 Å². The summed E-state index contributed by atoms with van der Waals surface area (Å²) in [5.74, 6) is 0.219. The lowest BCUT2D eigenvalue weighted by Gasteiger charge is -2.11. The SMILES string of the molecule is CCC(C)NCC(=O)NCc1ccc(O)cc1. The molecule has 0 heterocycles. The molecule has 1 aromatic rings. The van der Waals surface area contributed by atoms with Crippen molar-refractivity contribution in [1.82, 2.24) is 10.6 Å². The van der Waals surface area contributed by atoms with Crippen molar-refractivity contribution >= 4 is 5.91 Å². The third-order valence-electron chi connectivity index (χ3n) is 2.65. The number of aromatic hydroxyl groups is 1. The highest BCUT2D eigenvalue weighted by molar-refractivity contribution is 5.78. The number of amides is 1. The van der Waals surface area contributed by atoms with Crippen molar-refractivity contribution in [3.8, 4) is 5.75 Å². The van der Waals surface area contributed by atoms with E-state index in [1.807, 2.05) is 6.92 Å². The average molecular weight is 236 g/mol. The Balaban J connectivity index is 2.26. The van der Waals surface area contributed by atoms with E-state index >= 15 is 0 Å². The first-order valence-electron chi connectivity index (χ1n) is 5.89. The van der Waals surface area contributed by atoms with Gasteiger partial charge in [0.05, 0.1) is 6.54 Å². The molecule has 0 aliphatic rings. The molecule has 0 spiro atoms. The van der Waals surface area contributed by atoms with Crippen molar-refractivity contribution < 1.29 is 9.90 Å². The average Bonchev–Trinajstić information content (AvgIpc) is 2.35. The van der Waals surface area contributed by atoms with Crippen molar-refractivity contribution in [3.05, 3.63) is 29.8 Å². The maximum Gasteiger partial charge on any atom is 0.234 e. The summed E-state index contributed by atoms with van der Waals surface area (Å²) in [6, 6.07) is 7.15. The van der Waals surface area contributed by atoms with Crippen LogP contribution in [0.4, 0.5) is 0 Å². The van der Waals surface area contributed by atoms with Crippen molar-refractivity contribution in [2.24, 2.45) is 0 Å². The number of hydrogen-bond donors (Lipinski definition) is 3. The van der Waals surface area contributed by atoms with E-state index < -0.39 is 0 Å². The number of hydrogen-bond acceptors (Lipinski definition) is 3. The fourth-order valence-electron chi connectivity index (χ4n) is 1.29. The van der Waals surface area contributed by atoms with E-state index in [9.17, 15) is 4.79 Å². The van der Waals surface area contributed by atoms with E-state index in [1.165, 1.54) is 0 Å². The Hall–Kier alpha value is -1.55. The van der Waals surface area contributed by atoms with Gasteiger partial charge in [0.2, 0.25) is 5.91 Å². The third-order valence-corrected chi connectivity index (χ3v) is 2.65. The van der Waals surface area contributed by atoms with Crippen molar-refractivity contribution in [3.63, 3.8) is 0 Å². The maximum atomic E-state index is 11.5. The summed E-state index contributed by atoms with van der Waals surface area (Å²) in [7, 11) is 0. The van der Waals surface area contributed by atoms with E-state index in [2.05, 4.69) is 17.6 Å². The van der Waals surface area contributed by atoms with E-state index in [4.69, 9.17) is 5.11 Å². The summed E-state index contributed by atoms with van der Waals surface area (Å²) in [5, 5.41) is 15.0. The molecule has 0 saturated carbocycles. The van der Waals surface area contributed by atoms with E-state index in [0.717, 1.165) is 12.0 Å². The molecule has 1 unspecified atom stereocenters. The summed E-state index contributed by atoms with van der Waals surface area (Å²) in [6.45, 7) is 4.95. The number of rotatable bonds is 6. The number of phenolic OH excluding ortho intramolecular Hbond substituents is 1. The second-order valence-corrected chi connectivity index (χ2v) is 4.13. The number of carbonyl (C=O) groups is 1. The summed E-state index contributed by atoms with van der Waals surface area (Å²) >= 11 is 0. The molecule has 0 radical (unpaired) electrons. The second kappa shape index (κ2) is 6.91. The molecular formula is C13H20N2O2. The third kappa shape index (κ3) is 5.36. The number of carbonyl (C=O) groups excluding carboxylic acids is 1. The zero-order valence-electron chi connectivity index (χ0n) is 10.4. The molecule has 0 aliphatic heterocycles. The lowest BCUT2D eigenvalue weighted by Crippen LogP contribution is -2.37. The van der Waals surface area contributed by atoms with Gasteiger partial charge in [-0.15, -0.1) is 0 Å². The quantitative estimate of drug-likeness (QED) is 0.699. The van der Waals surface area contributed by atoms with Crippen LogP contribution in [0.15, 0.2) is 24.3 Å². The zero-order chi connectivity index (χ0) is 12.7. The molecule has 94 valence electrons. The van der Waals surface area contributed by atoms with Crippen LogP contribution >= 0.6 is 0 Å². The van der Waals surface area contributed by atoms with Gasteiger partial charge >= 0.3 is 0 Å². The Morgan fingerprint density at radius 2 is 2.00 bits per heavy atom. The highest BCUT2D eigenvalue weighted by atomic mass is 16.3. The summed E-state index contributed by atoms with van der Waals surface area (Å²) in [4.78, 5) is 11.5. The number of nitrogens with one attached hydrogen (secondary N) is 2. The minimum atomic E-state index is -0.0154. The standard InChI is InChI=1S/C13H20N2O2/c1-3-10(2)14-9-13(17)15-8-11-4-6-12(16)7-5-11/h4-7,10,14,16H,3,8-9H2,1-2H3,(H,15,17). The molecule has 1 aromatic carbocycles. The fraction of sp³-hybridized carbons (Fsp3) is 0.462. The van der Waals surface area contributed by atoms with Gasteiger partial charge in [-0.2, -0.15) is 0 Å². The summed E-state index contributed by atoms with van der Waals surface area (Å²) in [5.41, 5.74) is 0.972. The first-order chi connectivity index (χ1) is 8.11. The van der Waals surface area contributed by atoms with Crippen LogP contribution in [0.1, 0.15) is 25.8 Å². The smallest absolute Gasteiger partial charge is 0.234 e. The van der Waals surface area contributed by atoms with Crippen LogP contribution in [-0.2, 0) is 11.3 Å². The van der Waals surface area contributed by atoms with Crippen molar-refractivity contribution in [2.75, 3.05) is 6.54 Å². The lowest BCUT2D eigenvalue weighted by atomic mass is 10.2. The molecule has 17 heavy (non-hydrogen) atoms. The van der Waals surface area contributed by atoms with E-state index in [1.54, 1.807) is 24.3 Å². The van der Waals surface area contributed by atoms with Crippen LogP contribution in [0.25, 0.3) is 0 Å². The molecule has 4 nitrogen and oxygen atoms in total. The Morgan fingerprint density at radius 1 is 1.35 bits per heavy atom. The Labute approximate surface area is 102 Å². The van der Waals surface area contributed by atoms with Crippen LogP contribution in [0.3, 0.4) is 0 Å². The van der Waals surface area contributed by atoms with Crippen molar-refractivity contribution in [2.45, 2.75) is 32.9 Å². The molecule has 3 N–H and O–H groups in total. The maximum absolute atomic E-state index is 11.5. The molecular weight excluding hydrogens is 216 g/mol. The van der Waals surface area contributed by atoms with Crippen LogP contribution in [0, 0.1) is 0 Å². The van der Waals surface area contributed by atoms with Gasteiger partial charge in [-0.05, 0) is 31.0 Å². The van der Waals surface area contributed by atoms with Gasteiger partial charge in [-0.3, -0.25) is 4.79 Å². The van der Waals surface area contributed by atoms with E-state index in [-0.39, 0.29) is 11.7 Å². The molecule has 0 aromatic heterocycles. The van der Waals surface area contributed by atoms with Gasteiger partial charge in [0, 0.05) is 12.6 Å². The highest BCUT2D eigenvalue weighted by Gasteiger charge is 2.03. The highest BCUT2D eigenvalue weighted by Crippen LogP contribution is 2.08. The van der Waals surface area contributed by atoms with E-state index in [0.29, 0.717) is 19.1 Å². The molecule has 1 atom stereocenters. The Kier molecular flexibility index (Phi) is 5.49. The van der Waals surface area contributed by atoms with Gasteiger partial charge in [0.25, 0.3) is 0 Å². The largest absolute Gasteiger partial charge is 0.508 e. The number of phenols is 1. The first-order valence-corrected chi connectivity index (χ1v) is 5.89.